The number of amides is 1. The van der Waals surface area contributed by atoms with Crippen LogP contribution >= 0.6 is 0 Å². The van der Waals surface area contributed by atoms with Crippen molar-refractivity contribution >= 4 is 12.3 Å². The Morgan fingerprint density at radius 3 is 2.72 bits per heavy atom. The van der Waals surface area contributed by atoms with Gasteiger partial charge in [0.25, 0.3) is 5.91 Å². The van der Waals surface area contributed by atoms with Crippen LogP contribution in [0.15, 0.2) is 41.7 Å². The summed E-state index contributed by atoms with van der Waals surface area (Å²) in [4.78, 5) is 22.2. The molecule has 0 saturated carbocycles. The molecule has 1 aromatic heterocycles. The second kappa shape index (κ2) is 4.60. The van der Waals surface area contributed by atoms with Crippen molar-refractivity contribution in [3.63, 3.8) is 0 Å². The molecule has 0 N–H and O–H groups in total. The van der Waals surface area contributed by atoms with Crippen molar-refractivity contribution in [1.29, 1.82) is 0 Å². The smallest absolute Gasteiger partial charge is 0.252 e. The number of aliphatic imine (C=N–C) groups is 1. The van der Waals surface area contributed by atoms with Crippen molar-refractivity contribution in [3.05, 3.63) is 42.2 Å². The first kappa shape index (κ1) is 11.0. The van der Waals surface area contributed by atoms with Gasteiger partial charge in [0.15, 0.2) is 18.5 Å². The summed E-state index contributed by atoms with van der Waals surface area (Å²) in [6.07, 6.45) is 8.39. The standard InChI is InChI=1S/C13H13N3O2/c17-13(16-7-1-2-8-16)11-12(18-9-15-11)10-3-5-14-6-4-10/h1-6,9,11-12H,7-8H2/t11-,12+/m1/s1. The first-order chi connectivity index (χ1) is 8.86. The zero-order valence-electron chi connectivity index (χ0n) is 9.77. The molecular formula is C13H13N3O2. The fraction of sp³-hybridized carbons (Fsp3) is 0.308. The molecule has 1 amide bonds. The molecule has 0 unspecified atom stereocenters. The largest absolute Gasteiger partial charge is 0.473 e. The average molecular weight is 243 g/mol. The third-order valence-electron chi connectivity index (χ3n) is 3.13. The predicted molar refractivity (Wildman–Crippen MR) is 66.1 cm³/mol. The van der Waals surface area contributed by atoms with E-state index in [1.54, 1.807) is 17.3 Å². The molecule has 18 heavy (non-hydrogen) atoms. The normalized spacial score (nSPS) is 25.4. The van der Waals surface area contributed by atoms with Gasteiger partial charge in [-0.2, -0.15) is 0 Å². The van der Waals surface area contributed by atoms with Crippen molar-refractivity contribution in [2.75, 3.05) is 13.1 Å². The average Bonchev–Trinajstić information content (AvgIpc) is 3.10. The van der Waals surface area contributed by atoms with Crippen LogP contribution in [0.3, 0.4) is 0 Å². The molecule has 3 heterocycles. The van der Waals surface area contributed by atoms with Gasteiger partial charge in [-0.25, -0.2) is 4.99 Å². The molecule has 5 heteroatoms. The Hall–Kier alpha value is -2.17. The fourth-order valence-electron chi connectivity index (χ4n) is 2.17. The summed E-state index contributed by atoms with van der Waals surface area (Å²) < 4.78 is 5.44. The maximum atomic E-state index is 12.3. The molecule has 2 atom stereocenters. The Morgan fingerprint density at radius 1 is 1.28 bits per heavy atom. The Labute approximate surface area is 105 Å². The first-order valence-electron chi connectivity index (χ1n) is 5.87. The van der Waals surface area contributed by atoms with E-state index < -0.39 is 6.04 Å². The molecule has 0 fully saturated rings. The van der Waals surface area contributed by atoms with Gasteiger partial charge in [-0.05, 0) is 17.7 Å². The molecule has 3 rings (SSSR count). The van der Waals surface area contributed by atoms with E-state index in [2.05, 4.69) is 9.98 Å². The highest BCUT2D eigenvalue weighted by molar-refractivity contribution is 5.85. The van der Waals surface area contributed by atoms with Gasteiger partial charge in [-0.15, -0.1) is 0 Å². The van der Waals surface area contributed by atoms with Crippen LogP contribution in [0.1, 0.15) is 11.7 Å². The third kappa shape index (κ3) is 1.88. The number of pyridine rings is 1. The summed E-state index contributed by atoms with van der Waals surface area (Å²) in [5, 5.41) is 0. The van der Waals surface area contributed by atoms with Gasteiger partial charge in [0.2, 0.25) is 0 Å². The molecule has 0 saturated heterocycles. The Kier molecular flexibility index (Phi) is 2.80. The number of ether oxygens (including phenoxy) is 1. The van der Waals surface area contributed by atoms with Gasteiger partial charge in [-0.1, -0.05) is 12.2 Å². The van der Waals surface area contributed by atoms with E-state index in [1.807, 2.05) is 24.3 Å². The molecule has 0 bridgehead atoms. The molecule has 1 aromatic rings. The van der Waals surface area contributed by atoms with Crippen molar-refractivity contribution in [2.24, 2.45) is 4.99 Å². The van der Waals surface area contributed by atoms with Gasteiger partial charge in [0.1, 0.15) is 0 Å². The predicted octanol–water partition coefficient (Wildman–Crippen LogP) is 0.948. The summed E-state index contributed by atoms with van der Waals surface area (Å²) in [6.45, 7) is 1.32. The van der Waals surface area contributed by atoms with E-state index in [9.17, 15) is 4.79 Å². The molecule has 92 valence electrons. The van der Waals surface area contributed by atoms with Gasteiger partial charge in [0.05, 0.1) is 0 Å². The van der Waals surface area contributed by atoms with Gasteiger partial charge in [0, 0.05) is 25.5 Å². The summed E-state index contributed by atoms with van der Waals surface area (Å²) in [5.41, 5.74) is 0.924. The van der Waals surface area contributed by atoms with Crippen LogP contribution in [0.4, 0.5) is 0 Å². The minimum absolute atomic E-state index is 0.00978. The van der Waals surface area contributed by atoms with Crippen LogP contribution in [-0.2, 0) is 9.53 Å². The Bertz CT molecular complexity index is 490. The van der Waals surface area contributed by atoms with E-state index in [0.717, 1.165) is 5.56 Å². The third-order valence-corrected chi connectivity index (χ3v) is 3.13. The lowest BCUT2D eigenvalue weighted by atomic mass is 10.0. The van der Waals surface area contributed by atoms with Gasteiger partial charge in [-0.3, -0.25) is 9.78 Å². The van der Waals surface area contributed by atoms with Crippen molar-refractivity contribution < 1.29 is 9.53 Å². The molecule has 0 radical (unpaired) electrons. The molecule has 0 aromatic carbocycles. The minimum Gasteiger partial charge on any atom is -0.473 e. The summed E-state index contributed by atoms with van der Waals surface area (Å²) in [7, 11) is 0. The lowest BCUT2D eigenvalue weighted by Gasteiger charge is -2.22. The molecule has 2 aliphatic heterocycles. The Morgan fingerprint density at radius 2 is 2.00 bits per heavy atom. The minimum atomic E-state index is -0.479. The monoisotopic (exact) mass is 243 g/mol. The summed E-state index contributed by atoms with van der Waals surface area (Å²) >= 11 is 0. The van der Waals surface area contributed by atoms with Crippen LogP contribution in [-0.4, -0.2) is 41.3 Å². The van der Waals surface area contributed by atoms with Crippen molar-refractivity contribution in [1.82, 2.24) is 9.88 Å². The number of nitrogens with zero attached hydrogens (tertiary/aromatic N) is 3. The maximum absolute atomic E-state index is 12.3. The lowest BCUT2D eigenvalue weighted by Crippen LogP contribution is -2.38. The highest BCUT2D eigenvalue weighted by atomic mass is 16.5. The second-order valence-electron chi connectivity index (χ2n) is 4.25. The van der Waals surface area contributed by atoms with Crippen LogP contribution in [0, 0.1) is 0 Å². The summed E-state index contributed by atoms with van der Waals surface area (Å²) in [5.74, 6) is 0.00978. The zero-order chi connectivity index (χ0) is 12.4. The van der Waals surface area contributed by atoms with E-state index in [-0.39, 0.29) is 12.0 Å². The van der Waals surface area contributed by atoms with Crippen LogP contribution in [0.25, 0.3) is 0 Å². The number of hydrogen-bond acceptors (Lipinski definition) is 4. The number of hydrogen-bond donors (Lipinski definition) is 0. The zero-order valence-corrected chi connectivity index (χ0v) is 9.77. The van der Waals surface area contributed by atoms with E-state index in [1.165, 1.54) is 6.40 Å². The van der Waals surface area contributed by atoms with Crippen LogP contribution < -0.4 is 0 Å². The molecular weight excluding hydrogens is 230 g/mol. The van der Waals surface area contributed by atoms with Crippen molar-refractivity contribution in [2.45, 2.75) is 12.1 Å². The lowest BCUT2D eigenvalue weighted by molar-refractivity contribution is -0.132. The quantitative estimate of drug-likeness (QED) is 0.727. The van der Waals surface area contributed by atoms with E-state index in [4.69, 9.17) is 4.74 Å². The molecule has 0 aliphatic carbocycles. The van der Waals surface area contributed by atoms with Gasteiger partial charge < -0.3 is 9.64 Å². The van der Waals surface area contributed by atoms with E-state index >= 15 is 0 Å². The highest BCUT2D eigenvalue weighted by Crippen LogP contribution is 2.28. The van der Waals surface area contributed by atoms with Crippen LogP contribution in [0.5, 0.6) is 0 Å². The summed E-state index contributed by atoms with van der Waals surface area (Å²) in [6, 6.07) is 3.22. The number of rotatable bonds is 2. The maximum Gasteiger partial charge on any atom is 0.252 e. The second-order valence-corrected chi connectivity index (χ2v) is 4.25. The fourth-order valence-corrected chi connectivity index (χ4v) is 2.17. The molecule has 2 aliphatic rings. The number of aromatic nitrogens is 1. The topological polar surface area (TPSA) is 54.8 Å². The number of carbonyl (C=O) groups excluding carboxylic acids is 1. The Balaban J connectivity index is 1.78. The number of carbonyl (C=O) groups is 1. The van der Waals surface area contributed by atoms with Crippen LogP contribution in [0.2, 0.25) is 0 Å². The molecule has 0 spiro atoms. The van der Waals surface area contributed by atoms with E-state index in [0.29, 0.717) is 13.1 Å². The van der Waals surface area contributed by atoms with Crippen molar-refractivity contribution in [3.8, 4) is 0 Å². The highest BCUT2D eigenvalue weighted by Gasteiger charge is 2.36. The SMILES string of the molecule is O=C([C@@H]1N=CO[C@H]1c1ccncc1)N1CC=CC1. The van der Waals surface area contributed by atoms with Gasteiger partial charge >= 0.3 is 0 Å². The molecule has 5 nitrogen and oxygen atoms in total. The first-order valence-corrected chi connectivity index (χ1v) is 5.87.